The first-order chi connectivity index (χ1) is 11.6. The maximum absolute atomic E-state index is 11.3. The predicted octanol–water partition coefficient (Wildman–Crippen LogP) is 1.66. The molecule has 0 saturated carbocycles. The summed E-state index contributed by atoms with van der Waals surface area (Å²) in [6.45, 7) is 2.12. The van der Waals surface area contributed by atoms with Crippen molar-refractivity contribution in [3.05, 3.63) is 34.8 Å². The van der Waals surface area contributed by atoms with Gasteiger partial charge in [-0.1, -0.05) is 0 Å². The van der Waals surface area contributed by atoms with E-state index in [1.807, 2.05) is 6.07 Å². The first-order valence-corrected chi connectivity index (χ1v) is 8.15. The third kappa shape index (κ3) is 2.33. The summed E-state index contributed by atoms with van der Waals surface area (Å²) in [7, 11) is 0. The van der Waals surface area contributed by atoms with Crippen molar-refractivity contribution in [3.63, 3.8) is 0 Å². The Labute approximate surface area is 139 Å². The Morgan fingerprint density at radius 3 is 2.96 bits per heavy atom. The molecule has 7 heteroatoms. The number of phenols is 1. The van der Waals surface area contributed by atoms with Gasteiger partial charge < -0.3 is 20.7 Å². The van der Waals surface area contributed by atoms with Gasteiger partial charge in [-0.15, -0.1) is 0 Å². The number of hydrogen-bond donors (Lipinski definition) is 3. The monoisotopic (exact) mass is 325 g/mol. The number of carbonyl (C=O) groups is 1. The molecule has 1 aromatic carbocycles. The number of carbonyl (C=O) groups excluding carboxylic acids is 1. The zero-order chi connectivity index (χ0) is 16.7. The largest absolute Gasteiger partial charge is 0.507 e. The zero-order valence-electron chi connectivity index (χ0n) is 13.2. The Kier molecular flexibility index (Phi) is 3.48. The van der Waals surface area contributed by atoms with Gasteiger partial charge in [-0.3, -0.25) is 4.79 Å². The van der Waals surface area contributed by atoms with Crippen molar-refractivity contribution in [2.45, 2.75) is 25.7 Å². The molecule has 1 aromatic heterocycles. The molecule has 0 aliphatic carbocycles. The number of aromatic nitrogens is 2. The van der Waals surface area contributed by atoms with Crippen LogP contribution in [-0.2, 0) is 12.8 Å². The van der Waals surface area contributed by atoms with Crippen LogP contribution in [0.4, 0.5) is 11.5 Å². The average Bonchev–Trinajstić information content (AvgIpc) is 3.03. The molecule has 2 aliphatic heterocycles. The fourth-order valence-electron chi connectivity index (χ4n) is 3.70. The number of primary amides is 1. The van der Waals surface area contributed by atoms with Gasteiger partial charge in [-0.2, -0.15) is 0 Å². The van der Waals surface area contributed by atoms with Crippen LogP contribution in [0.1, 0.15) is 40.0 Å². The van der Waals surface area contributed by atoms with Gasteiger partial charge in [0.15, 0.2) is 11.5 Å². The maximum Gasteiger partial charge on any atom is 0.269 e. The van der Waals surface area contributed by atoms with Crippen LogP contribution in [0.5, 0.6) is 5.75 Å². The van der Waals surface area contributed by atoms with Crippen LogP contribution in [0.15, 0.2) is 17.4 Å². The van der Waals surface area contributed by atoms with Crippen molar-refractivity contribution in [3.8, 4) is 5.75 Å². The van der Waals surface area contributed by atoms with E-state index in [1.165, 1.54) is 17.6 Å². The number of H-pyrrole nitrogens is 1. The summed E-state index contributed by atoms with van der Waals surface area (Å²) in [6, 6.07) is 1.84. The SMILES string of the molecule is NC(=O)c1[nH]cnc1/N=C/c1c(O)cc2c3c1CCCN3CCC2. The highest BCUT2D eigenvalue weighted by atomic mass is 16.3. The van der Waals surface area contributed by atoms with Gasteiger partial charge in [0.1, 0.15) is 5.75 Å². The number of nitrogens with one attached hydrogen (secondary N) is 1. The predicted molar refractivity (Wildman–Crippen MR) is 91.3 cm³/mol. The van der Waals surface area contributed by atoms with Crippen LogP contribution < -0.4 is 10.6 Å². The molecular formula is C17H19N5O2. The number of nitrogens with two attached hydrogens (primary N) is 1. The Morgan fingerprint density at radius 1 is 1.38 bits per heavy atom. The first-order valence-electron chi connectivity index (χ1n) is 8.15. The molecule has 3 heterocycles. The number of rotatable bonds is 3. The minimum absolute atomic E-state index is 0.166. The summed E-state index contributed by atoms with van der Waals surface area (Å²) >= 11 is 0. The number of amides is 1. The van der Waals surface area contributed by atoms with Gasteiger partial charge in [0.2, 0.25) is 0 Å². The molecule has 4 N–H and O–H groups in total. The van der Waals surface area contributed by atoms with E-state index in [0.717, 1.165) is 44.3 Å². The van der Waals surface area contributed by atoms with Crippen LogP contribution in [0.25, 0.3) is 0 Å². The molecule has 4 rings (SSSR count). The molecule has 124 valence electrons. The van der Waals surface area contributed by atoms with Crippen molar-refractivity contribution >= 4 is 23.6 Å². The fraction of sp³-hybridized carbons (Fsp3) is 0.353. The third-order valence-electron chi connectivity index (χ3n) is 4.73. The lowest BCUT2D eigenvalue weighted by molar-refractivity contribution is 0.0997. The topological polar surface area (TPSA) is 108 Å². The molecule has 1 amide bonds. The Bertz CT molecular complexity index is 838. The van der Waals surface area contributed by atoms with Gasteiger partial charge in [0.25, 0.3) is 5.91 Å². The third-order valence-corrected chi connectivity index (χ3v) is 4.73. The molecule has 0 spiro atoms. The lowest BCUT2D eigenvalue weighted by atomic mass is 9.88. The van der Waals surface area contributed by atoms with E-state index in [2.05, 4.69) is 19.9 Å². The van der Waals surface area contributed by atoms with E-state index in [9.17, 15) is 9.90 Å². The Morgan fingerprint density at radius 2 is 2.17 bits per heavy atom. The number of benzene rings is 1. The lowest BCUT2D eigenvalue weighted by Crippen LogP contribution is -2.35. The van der Waals surface area contributed by atoms with Gasteiger partial charge in [-0.25, -0.2) is 9.98 Å². The van der Waals surface area contributed by atoms with Crippen molar-refractivity contribution in [2.24, 2.45) is 10.7 Å². The molecule has 0 bridgehead atoms. The summed E-state index contributed by atoms with van der Waals surface area (Å²) in [5.74, 6) is -0.145. The Balaban J connectivity index is 1.79. The number of phenolic OH excluding ortho intramolecular Hbond substituents is 1. The molecule has 0 fully saturated rings. The molecule has 7 nitrogen and oxygen atoms in total. The van der Waals surface area contributed by atoms with Crippen molar-refractivity contribution in [1.29, 1.82) is 0 Å². The lowest BCUT2D eigenvalue weighted by Gasteiger charge is -2.37. The molecule has 2 aliphatic rings. The summed E-state index contributed by atoms with van der Waals surface area (Å²) < 4.78 is 0. The van der Waals surface area contributed by atoms with Gasteiger partial charge in [0, 0.05) is 30.6 Å². The van der Waals surface area contributed by atoms with Crippen LogP contribution in [-0.4, -0.2) is 40.3 Å². The quantitative estimate of drug-likeness (QED) is 0.746. The van der Waals surface area contributed by atoms with E-state index in [4.69, 9.17) is 5.73 Å². The number of aliphatic imine (C=N–C) groups is 1. The minimum atomic E-state index is -0.609. The minimum Gasteiger partial charge on any atom is -0.507 e. The zero-order valence-corrected chi connectivity index (χ0v) is 13.2. The number of nitrogens with zero attached hydrogens (tertiary/aromatic N) is 3. The standard InChI is InChI=1S/C17H19N5O2/c18-16(24)14-17(21-9-20-14)19-8-12-11-4-2-6-22-5-1-3-10(15(11)22)7-13(12)23/h7-9,23H,1-6H2,(H2,18,24)(H,20,21)/b19-8+. The molecule has 0 radical (unpaired) electrons. The van der Waals surface area contributed by atoms with Crippen LogP contribution in [0.2, 0.25) is 0 Å². The van der Waals surface area contributed by atoms with E-state index in [-0.39, 0.29) is 17.3 Å². The average molecular weight is 325 g/mol. The molecular weight excluding hydrogens is 306 g/mol. The fourth-order valence-corrected chi connectivity index (χ4v) is 3.70. The van der Waals surface area contributed by atoms with Gasteiger partial charge >= 0.3 is 0 Å². The molecule has 0 unspecified atom stereocenters. The van der Waals surface area contributed by atoms with E-state index < -0.39 is 5.91 Å². The first kappa shape index (κ1) is 14.7. The number of anilines is 1. The number of aromatic hydroxyl groups is 1. The van der Waals surface area contributed by atoms with Crippen molar-refractivity contribution in [2.75, 3.05) is 18.0 Å². The summed E-state index contributed by atoms with van der Waals surface area (Å²) in [5.41, 5.74) is 9.77. The normalized spacial score (nSPS) is 16.4. The highest BCUT2D eigenvalue weighted by Gasteiger charge is 2.27. The van der Waals surface area contributed by atoms with E-state index in [1.54, 1.807) is 6.21 Å². The van der Waals surface area contributed by atoms with Crippen molar-refractivity contribution in [1.82, 2.24) is 9.97 Å². The van der Waals surface area contributed by atoms with Crippen LogP contribution in [0.3, 0.4) is 0 Å². The highest BCUT2D eigenvalue weighted by molar-refractivity contribution is 5.97. The number of aromatic amines is 1. The number of hydrogen-bond acceptors (Lipinski definition) is 5. The number of imidazole rings is 1. The van der Waals surface area contributed by atoms with Crippen molar-refractivity contribution < 1.29 is 9.90 Å². The smallest absolute Gasteiger partial charge is 0.269 e. The summed E-state index contributed by atoms with van der Waals surface area (Å²) in [5, 5.41) is 10.5. The van der Waals surface area contributed by atoms with E-state index in [0.29, 0.717) is 5.56 Å². The van der Waals surface area contributed by atoms with E-state index >= 15 is 0 Å². The molecule has 0 saturated heterocycles. The highest BCUT2D eigenvalue weighted by Crippen LogP contribution is 2.40. The Hall–Kier alpha value is -2.83. The summed E-state index contributed by atoms with van der Waals surface area (Å²) in [6.07, 6.45) is 7.06. The van der Waals surface area contributed by atoms with Crippen LogP contribution >= 0.6 is 0 Å². The van der Waals surface area contributed by atoms with Crippen LogP contribution in [0, 0.1) is 0 Å². The number of aryl methyl sites for hydroxylation is 1. The van der Waals surface area contributed by atoms with Gasteiger partial charge in [0.05, 0.1) is 6.33 Å². The molecule has 0 atom stereocenters. The molecule has 24 heavy (non-hydrogen) atoms. The second kappa shape index (κ2) is 5.67. The maximum atomic E-state index is 11.3. The van der Waals surface area contributed by atoms with Gasteiger partial charge in [-0.05, 0) is 42.9 Å². The second-order valence-electron chi connectivity index (χ2n) is 6.21. The second-order valence-corrected chi connectivity index (χ2v) is 6.21. The molecule has 2 aromatic rings. The summed E-state index contributed by atoms with van der Waals surface area (Å²) in [4.78, 5) is 24.7.